The second kappa shape index (κ2) is 15.0. The van der Waals surface area contributed by atoms with Crippen molar-refractivity contribution in [1.29, 1.82) is 0 Å². The summed E-state index contributed by atoms with van der Waals surface area (Å²) in [6.45, 7) is 5.93. The number of aryl methyl sites for hydroxylation is 1. The molecule has 3 atom stereocenters. The molecule has 0 amide bonds. The van der Waals surface area contributed by atoms with Crippen LogP contribution in [0.2, 0.25) is 0 Å². The lowest BCUT2D eigenvalue weighted by atomic mass is 10.0. The number of pyridine rings is 1. The number of alkyl halides is 1. The Morgan fingerprint density at radius 2 is 1.72 bits per heavy atom. The van der Waals surface area contributed by atoms with Crippen LogP contribution in [-0.2, 0) is 6.42 Å². The summed E-state index contributed by atoms with van der Waals surface area (Å²) >= 11 is 0. The first-order valence-corrected chi connectivity index (χ1v) is 12.6. The molecule has 1 N–H and O–H groups in total. The molecule has 0 fully saturated rings. The quantitative estimate of drug-likeness (QED) is 0.270. The summed E-state index contributed by atoms with van der Waals surface area (Å²) in [5.41, 5.74) is 2.92. The van der Waals surface area contributed by atoms with E-state index in [9.17, 15) is 9.50 Å². The summed E-state index contributed by atoms with van der Waals surface area (Å²) in [5.74, 6) is 0.761. The third-order valence-corrected chi connectivity index (χ3v) is 5.91. The van der Waals surface area contributed by atoms with Gasteiger partial charge >= 0.3 is 0 Å². The molecule has 1 aromatic heterocycles. The molecule has 3 unspecified atom stereocenters. The first-order chi connectivity index (χ1) is 15.5. The molecule has 0 bridgehead atoms. The van der Waals surface area contributed by atoms with Crippen molar-refractivity contribution in [3.8, 4) is 17.0 Å². The minimum Gasteiger partial charge on any atom is -0.490 e. The standard InChI is InChI=1S/C28H42FNO2/c1-4-6-8-9-12-24(31)18-16-23-17-19-27(30-21-23)26-14-10-11-15-28(26)32-25(13-7-5-2)20-22(3)29/h10-11,14-15,17,19,21-22,24-25,31H,4-9,12-13,16,18,20H2,1-3H3. The van der Waals surface area contributed by atoms with Gasteiger partial charge in [-0.25, -0.2) is 4.39 Å². The zero-order valence-corrected chi connectivity index (χ0v) is 20.2. The molecule has 4 heteroatoms. The highest BCUT2D eigenvalue weighted by Crippen LogP contribution is 2.31. The smallest absolute Gasteiger partial charge is 0.129 e. The zero-order valence-electron chi connectivity index (χ0n) is 20.2. The number of para-hydroxylation sites is 1. The van der Waals surface area contributed by atoms with Crippen molar-refractivity contribution in [2.24, 2.45) is 0 Å². The van der Waals surface area contributed by atoms with Gasteiger partial charge in [0.25, 0.3) is 0 Å². The monoisotopic (exact) mass is 443 g/mol. The van der Waals surface area contributed by atoms with Crippen molar-refractivity contribution in [2.45, 2.75) is 110 Å². The topological polar surface area (TPSA) is 42.4 Å². The van der Waals surface area contributed by atoms with E-state index < -0.39 is 6.17 Å². The fourth-order valence-electron chi connectivity index (χ4n) is 4.00. The van der Waals surface area contributed by atoms with Crippen molar-refractivity contribution in [2.75, 3.05) is 0 Å². The van der Waals surface area contributed by atoms with E-state index in [0.717, 1.165) is 67.5 Å². The Kier molecular flexibility index (Phi) is 12.3. The average Bonchev–Trinajstić information content (AvgIpc) is 2.79. The van der Waals surface area contributed by atoms with Crippen molar-refractivity contribution < 1.29 is 14.2 Å². The molecule has 0 aliphatic heterocycles. The summed E-state index contributed by atoms with van der Waals surface area (Å²) in [6.07, 6.45) is 11.2. The van der Waals surface area contributed by atoms with Gasteiger partial charge in [0.2, 0.25) is 0 Å². The summed E-state index contributed by atoms with van der Waals surface area (Å²) in [5, 5.41) is 10.2. The average molecular weight is 444 g/mol. The van der Waals surface area contributed by atoms with E-state index >= 15 is 0 Å². The van der Waals surface area contributed by atoms with Crippen LogP contribution in [0.25, 0.3) is 11.3 Å². The number of unbranched alkanes of at least 4 members (excludes halogenated alkanes) is 4. The van der Waals surface area contributed by atoms with Crippen LogP contribution in [0.1, 0.15) is 90.5 Å². The molecule has 1 aromatic carbocycles. The van der Waals surface area contributed by atoms with Gasteiger partial charge in [0.15, 0.2) is 0 Å². The molecule has 1 heterocycles. The molecule has 2 aromatic rings. The van der Waals surface area contributed by atoms with Crippen molar-refractivity contribution in [1.82, 2.24) is 4.98 Å². The molecule has 3 nitrogen and oxygen atoms in total. The molecule has 0 aliphatic carbocycles. The second-order valence-electron chi connectivity index (χ2n) is 8.99. The summed E-state index contributed by atoms with van der Waals surface area (Å²) < 4.78 is 19.9. The van der Waals surface area contributed by atoms with Gasteiger partial charge in [-0.15, -0.1) is 0 Å². The predicted molar refractivity (Wildman–Crippen MR) is 132 cm³/mol. The number of ether oxygens (including phenoxy) is 1. The Bertz CT molecular complexity index is 747. The first kappa shape index (κ1) is 26.3. The lowest BCUT2D eigenvalue weighted by molar-refractivity contribution is 0.144. The van der Waals surface area contributed by atoms with E-state index in [0.29, 0.717) is 6.42 Å². The van der Waals surface area contributed by atoms with Crippen molar-refractivity contribution in [3.63, 3.8) is 0 Å². The van der Waals surface area contributed by atoms with E-state index in [-0.39, 0.29) is 12.2 Å². The fraction of sp³-hybridized carbons (Fsp3) is 0.607. The molecule has 0 saturated carbocycles. The minimum absolute atomic E-state index is 0.130. The molecule has 2 rings (SSSR count). The van der Waals surface area contributed by atoms with E-state index in [1.165, 1.54) is 19.3 Å². The maximum Gasteiger partial charge on any atom is 0.129 e. The minimum atomic E-state index is -0.886. The molecule has 178 valence electrons. The number of aliphatic hydroxyl groups excluding tert-OH is 1. The van der Waals surface area contributed by atoms with Gasteiger partial charge in [-0.05, 0) is 56.4 Å². The van der Waals surface area contributed by atoms with Gasteiger partial charge in [0, 0.05) is 18.2 Å². The molecule has 32 heavy (non-hydrogen) atoms. The largest absolute Gasteiger partial charge is 0.490 e. The highest BCUT2D eigenvalue weighted by molar-refractivity contribution is 5.67. The van der Waals surface area contributed by atoms with Crippen LogP contribution < -0.4 is 4.74 Å². The van der Waals surface area contributed by atoms with Gasteiger partial charge in [-0.2, -0.15) is 0 Å². The van der Waals surface area contributed by atoms with Crippen LogP contribution in [-0.4, -0.2) is 28.5 Å². The Morgan fingerprint density at radius 1 is 0.938 bits per heavy atom. The van der Waals surface area contributed by atoms with Crippen molar-refractivity contribution in [3.05, 3.63) is 48.2 Å². The van der Waals surface area contributed by atoms with Gasteiger partial charge < -0.3 is 9.84 Å². The van der Waals surface area contributed by atoms with E-state index in [1.54, 1.807) is 6.92 Å². The maximum atomic E-state index is 13.7. The lowest BCUT2D eigenvalue weighted by Crippen LogP contribution is -2.20. The van der Waals surface area contributed by atoms with Crippen LogP contribution in [0, 0.1) is 0 Å². The van der Waals surface area contributed by atoms with Gasteiger partial charge in [0.05, 0.1) is 11.8 Å². The normalized spacial score (nSPS) is 14.2. The molecule has 0 aliphatic rings. The Labute approximate surface area is 194 Å². The number of rotatable bonds is 16. The van der Waals surface area contributed by atoms with Gasteiger partial charge in [0.1, 0.15) is 18.0 Å². The van der Waals surface area contributed by atoms with E-state index in [1.807, 2.05) is 36.5 Å². The summed E-state index contributed by atoms with van der Waals surface area (Å²) in [6, 6.07) is 12.0. The second-order valence-corrected chi connectivity index (χ2v) is 8.99. The molecule has 0 radical (unpaired) electrons. The Hall–Kier alpha value is -1.94. The third-order valence-electron chi connectivity index (χ3n) is 5.91. The van der Waals surface area contributed by atoms with Crippen LogP contribution in [0.4, 0.5) is 4.39 Å². The number of nitrogens with zero attached hydrogens (tertiary/aromatic N) is 1. The third kappa shape index (κ3) is 9.68. The fourth-order valence-corrected chi connectivity index (χ4v) is 4.00. The predicted octanol–water partition coefficient (Wildman–Crippen LogP) is 7.70. The van der Waals surface area contributed by atoms with Crippen LogP contribution in [0.5, 0.6) is 5.75 Å². The lowest BCUT2D eigenvalue weighted by Gasteiger charge is -2.21. The maximum absolute atomic E-state index is 13.7. The molecular weight excluding hydrogens is 401 g/mol. The van der Waals surface area contributed by atoms with Crippen molar-refractivity contribution >= 4 is 0 Å². The van der Waals surface area contributed by atoms with E-state index in [2.05, 4.69) is 24.9 Å². The number of hydrogen-bond donors (Lipinski definition) is 1. The first-order valence-electron chi connectivity index (χ1n) is 12.6. The summed E-state index contributed by atoms with van der Waals surface area (Å²) in [4.78, 5) is 4.67. The Morgan fingerprint density at radius 3 is 2.41 bits per heavy atom. The van der Waals surface area contributed by atoms with Crippen LogP contribution in [0.3, 0.4) is 0 Å². The highest BCUT2D eigenvalue weighted by atomic mass is 19.1. The van der Waals surface area contributed by atoms with Gasteiger partial charge in [-0.3, -0.25) is 4.98 Å². The van der Waals surface area contributed by atoms with E-state index in [4.69, 9.17) is 4.74 Å². The molecule has 0 spiro atoms. The number of hydrogen-bond acceptors (Lipinski definition) is 3. The zero-order chi connectivity index (χ0) is 23.2. The number of benzene rings is 1. The molecule has 0 saturated heterocycles. The number of aliphatic hydroxyl groups is 1. The van der Waals surface area contributed by atoms with Crippen LogP contribution >= 0.6 is 0 Å². The Balaban J connectivity index is 1.98. The highest BCUT2D eigenvalue weighted by Gasteiger charge is 2.17. The summed E-state index contributed by atoms with van der Waals surface area (Å²) in [7, 11) is 0. The SMILES string of the molecule is CCCCCCC(O)CCc1ccc(-c2ccccc2OC(CCCC)CC(C)F)nc1. The number of halogens is 1. The number of aromatic nitrogens is 1. The molecular formula is C28H42FNO2. The van der Waals surface area contributed by atoms with Gasteiger partial charge in [-0.1, -0.05) is 70.6 Å². The van der Waals surface area contributed by atoms with Crippen LogP contribution in [0.15, 0.2) is 42.6 Å².